The standard InChI is InChI=1S/C17H21N3O2S/c1-2-22-14-7-5-12(6-8-14)16-19-15(11-23-16)17(21)20-9-3-4-13(18)10-20/h5-8,11,13H,2-4,9-10,18H2,1H3. The molecule has 1 aliphatic heterocycles. The summed E-state index contributed by atoms with van der Waals surface area (Å²) >= 11 is 1.48. The van der Waals surface area contributed by atoms with Gasteiger partial charge in [0.25, 0.3) is 5.91 Å². The van der Waals surface area contributed by atoms with Crippen molar-refractivity contribution in [1.82, 2.24) is 9.88 Å². The van der Waals surface area contributed by atoms with E-state index < -0.39 is 0 Å². The number of thiazole rings is 1. The summed E-state index contributed by atoms with van der Waals surface area (Å²) in [6.07, 6.45) is 1.95. The molecule has 1 aromatic heterocycles. The lowest BCUT2D eigenvalue weighted by atomic mass is 10.1. The van der Waals surface area contributed by atoms with E-state index >= 15 is 0 Å². The van der Waals surface area contributed by atoms with Gasteiger partial charge >= 0.3 is 0 Å². The van der Waals surface area contributed by atoms with Crippen LogP contribution in [0.3, 0.4) is 0 Å². The molecule has 0 radical (unpaired) electrons. The molecule has 5 nitrogen and oxygen atoms in total. The van der Waals surface area contributed by atoms with E-state index in [0.29, 0.717) is 18.8 Å². The zero-order chi connectivity index (χ0) is 16.2. The van der Waals surface area contributed by atoms with Crippen LogP contribution < -0.4 is 10.5 Å². The van der Waals surface area contributed by atoms with Gasteiger partial charge in [0.1, 0.15) is 16.5 Å². The molecule has 3 rings (SSSR count). The number of hydrogen-bond donors (Lipinski definition) is 1. The highest BCUT2D eigenvalue weighted by Gasteiger charge is 2.24. The van der Waals surface area contributed by atoms with Crippen LogP contribution in [-0.4, -0.2) is 41.5 Å². The lowest BCUT2D eigenvalue weighted by Crippen LogP contribution is -2.45. The normalized spacial score (nSPS) is 18.0. The van der Waals surface area contributed by atoms with E-state index in [2.05, 4.69) is 4.98 Å². The predicted molar refractivity (Wildman–Crippen MR) is 91.8 cm³/mol. The van der Waals surface area contributed by atoms with Crippen molar-refractivity contribution in [2.45, 2.75) is 25.8 Å². The van der Waals surface area contributed by atoms with Gasteiger partial charge in [0.15, 0.2) is 0 Å². The van der Waals surface area contributed by atoms with Crippen LogP contribution in [0.2, 0.25) is 0 Å². The first-order valence-corrected chi connectivity index (χ1v) is 8.79. The van der Waals surface area contributed by atoms with E-state index in [1.165, 1.54) is 11.3 Å². The molecule has 0 saturated carbocycles. The predicted octanol–water partition coefficient (Wildman–Crippen LogP) is 2.77. The van der Waals surface area contributed by atoms with Gasteiger partial charge in [0, 0.05) is 30.1 Å². The van der Waals surface area contributed by atoms with Gasteiger partial charge in [-0.1, -0.05) is 0 Å². The maximum Gasteiger partial charge on any atom is 0.273 e. The molecule has 0 aliphatic carbocycles. The van der Waals surface area contributed by atoms with E-state index in [0.717, 1.165) is 35.7 Å². The summed E-state index contributed by atoms with van der Waals surface area (Å²) in [5.41, 5.74) is 7.45. The lowest BCUT2D eigenvalue weighted by Gasteiger charge is -2.30. The second-order valence-electron chi connectivity index (χ2n) is 5.65. The Morgan fingerprint density at radius 1 is 1.43 bits per heavy atom. The van der Waals surface area contributed by atoms with Crippen LogP contribution in [-0.2, 0) is 0 Å². The number of piperidine rings is 1. The maximum atomic E-state index is 12.5. The van der Waals surface area contributed by atoms with E-state index in [1.807, 2.05) is 41.5 Å². The van der Waals surface area contributed by atoms with Gasteiger partial charge in [0.2, 0.25) is 0 Å². The summed E-state index contributed by atoms with van der Waals surface area (Å²) in [5.74, 6) is 0.819. The van der Waals surface area contributed by atoms with Crippen LogP contribution in [0.4, 0.5) is 0 Å². The quantitative estimate of drug-likeness (QED) is 0.935. The van der Waals surface area contributed by atoms with Crippen LogP contribution in [0.25, 0.3) is 10.6 Å². The van der Waals surface area contributed by atoms with Crippen molar-refractivity contribution in [2.24, 2.45) is 5.73 Å². The van der Waals surface area contributed by atoms with Crippen LogP contribution >= 0.6 is 11.3 Å². The Morgan fingerprint density at radius 3 is 2.91 bits per heavy atom. The Bertz CT molecular complexity index is 669. The maximum absolute atomic E-state index is 12.5. The summed E-state index contributed by atoms with van der Waals surface area (Å²) < 4.78 is 5.44. The highest BCUT2D eigenvalue weighted by Crippen LogP contribution is 2.26. The summed E-state index contributed by atoms with van der Waals surface area (Å²) in [6.45, 7) is 3.99. The summed E-state index contributed by atoms with van der Waals surface area (Å²) in [6, 6.07) is 7.86. The van der Waals surface area contributed by atoms with Gasteiger partial charge in [-0.15, -0.1) is 11.3 Å². The minimum atomic E-state index is -0.0198. The fourth-order valence-corrected chi connectivity index (χ4v) is 3.52. The molecule has 1 aromatic carbocycles. The Labute approximate surface area is 140 Å². The summed E-state index contributed by atoms with van der Waals surface area (Å²) in [4.78, 5) is 18.8. The molecular formula is C17H21N3O2S. The molecule has 2 aromatic rings. The molecule has 1 aliphatic rings. The number of aromatic nitrogens is 1. The number of hydrogen-bond acceptors (Lipinski definition) is 5. The lowest BCUT2D eigenvalue weighted by molar-refractivity contribution is 0.0704. The second kappa shape index (κ2) is 7.10. The fourth-order valence-electron chi connectivity index (χ4n) is 2.72. The van der Waals surface area contributed by atoms with E-state index in [4.69, 9.17) is 10.5 Å². The molecule has 2 N–H and O–H groups in total. The zero-order valence-corrected chi connectivity index (χ0v) is 14.0. The van der Waals surface area contributed by atoms with Crippen molar-refractivity contribution in [3.05, 3.63) is 35.3 Å². The number of benzene rings is 1. The van der Waals surface area contributed by atoms with Crippen LogP contribution in [0.1, 0.15) is 30.3 Å². The van der Waals surface area contributed by atoms with Gasteiger partial charge in [-0.2, -0.15) is 0 Å². The first kappa shape index (κ1) is 16.0. The minimum absolute atomic E-state index is 0.0198. The molecule has 23 heavy (non-hydrogen) atoms. The van der Waals surface area contributed by atoms with Gasteiger partial charge in [-0.3, -0.25) is 4.79 Å². The molecule has 2 heterocycles. The molecular weight excluding hydrogens is 310 g/mol. The minimum Gasteiger partial charge on any atom is -0.494 e. The summed E-state index contributed by atoms with van der Waals surface area (Å²) in [7, 11) is 0. The van der Waals surface area contributed by atoms with Gasteiger partial charge in [0.05, 0.1) is 6.61 Å². The highest BCUT2D eigenvalue weighted by atomic mass is 32.1. The average Bonchev–Trinajstić information content (AvgIpc) is 3.05. The Hall–Kier alpha value is -1.92. The number of nitrogens with zero attached hydrogens (tertiary/aromatic N) is 2. The van der Waals surface area contributed by atoms with Crippen molar-refractivity contribution in [3.63, 3.8) is 0 Å². The van der Waals surface area contributed by atoms with E-state index in [9.17, 15) is 4.79 Å². The van der Waals surface area contributed by atoms with Crippen LogP contribution in [0, 0.1) is 0 Å². The molecule has 1 atom stereocenters. The van der Waals surface area contributed by atoms with Crippen molar-refractivity contribution >= 4 is 17.2 Å². The number of carbonyl (C=O) groups excluding carboxylic acids is 1. The number of carbonyl (C=O) groups is 1. The largest absolute Gasteiger partial charge is 0.494 e. The molecule has 1 saturated heterocycles. The van der Waals surface area contributed by atoms with Crippen molar-refractivity contribution < 1.29 is 9.53 Å². The van der Waals surface area contributed by atoms with Crippen molar-refractivity contribution in [3.8, 4) is 16.3 Å². The molecule has 0 bridgehead atoms. The first-order valence-electron chi connectivity index (χ1n) is 7.91. The Kier molecular flexibility index (Phi) is 4.93. The van der Waals surface area contributed by atoms with Crippen LogP contribution in [0.5, 0.6) is 5.75 Å². The van der Waals surface area contributed by atoms with E-state index in [-0.39, 0.29) is 11.9 Å². The Balaban J connectivity index is 1.73. The third kappa shape index (κ3) is 3.71. The molecule has 6 heteroatoms. The van der Waals surface area contributed by atoms with Crippen molar-refractivity contribution in [2.75, 3.05) is 19.7 Å². The van der Waals surface area contributed by atoms with Crippen molar-refractivity contribution in [1.29, 1.82) is 0 Å². The second-order valence-corrected chi connectivity index (χ2v) is 6.51. The highest BCUT2D eigenvalue weighted by molar-refractivity contribution is 7.13. The summed E-state index contributed by atoms with van der Waals surface area (Å²) in [5, 5.41) is 2.67. The van der Waals surface area contributed by atoms with Gasteiger partial charge in [-0.25, -0.2) is 4.98 Å². The smallest absolute Gasteiger partial charge is 0.273 e. The SMILES string of the molecule is CCOc1ccc(-c2nc(C(=O)N3CCCC(N)C3)cs2)cc1. The topological polar surface area (TPSA) is 68.5 Å². The number of nitrogens with two attached hydrogens (primary N) is 1. The molecule has 0 spiro atoms. The van der Waals surface area contributed by atoms with Crippen LogP contribution in [0.15, 0.2) is 29.6 Å². The average molecular weight is 331 g/mol. The Morgan fingerprint density at radius 2 is 2.22 bits per heavy atom. The molecule has 122 valence electrons. The monoisotopic (exact) mass is 331 g/mol. The number of amides is 1. The zero-order valence-electron chi connectivity index (χ0n) is 13.2. The fraction of sp³-hybridized carbons (Fsp3) is 0.412. The third-order valence-electron chi connectivity index (χ3n) is 3.88. The molecule has 1 fully saturated rings. The number of ether oxygens (including phenoxy) is 1. The number of likely N-dealkylation sites (tertiary alicyclic amines) is 1. The number of rotatable bonds is 4. The van der Waals surface area contributed by atoms with Gasteiger partial charge in [-0.05, 0) is 44.0 Å². The van der Waals surface area contributed by atoms with Gasteiger partial charge < -0.3 is 15.4 Å². The third-order valence-corrected chi connectivity index (χ3v) is 4.77. The van der Waals surface area contributed by atoms with E-state index in [1.54, 1.807) is 0 Å². The molecule has 1 amide bonds. The first-order chi connectivity index (χ1) is 11.2. The molecule has 1 unspecified atom stereocenters.